The molecule has 0 saturated carbocycles. The third-order valence-corrected chi connectivity index (χ3v) is 6.92. The molecule has 1 atom stereocenters. The Hall–Kier alpha value is -2.57. The number of hydrogen-bond donors (Lipinski definition) is 1. The van der Waals surface area contributed by atoms with Crippen LogP contribution in [0.3, 0.4) is 0 Å². The summed E-state index contributed by atoms with van der Waals surface area (Å²) in [6.45, 7) is 2.44. The van der Waals surface area contributed by atoms with E-state index in [1.807, 2.05) is 54.6 Å². The molecule has 2 amide bonds. The van der Waals surface area contributed by atoms with Crippen molar-refractivity contribution in [3.05, 3.63) is 106 Å². The Morgan fingerprint density at radius 3 is 2.18 bits per heavy atom. The number of amides is 2. The van der Waals surface area contributed by atoms with Crippen LogP contribution in [0, 0.1) is 6.92 Å². The zero-order valence-electron chi connectivity index (χ0n) is 19.0. The molecule has 4 nitrogen and oxygen atoms in total. The number of benzene rings is 3. The molecule has 172 valence electrons. The molecule has 0 aliphatic rings. The number of halogens is 1. The molecule has 0 saturated heterocycles. The maximum atomic E-state index is 13.4. The summed E-state index contributed by atoms with van der Waals surface area (Å²) in [6, 6.07) is 25.5. The molecule has 0 fully saturated rings. The minimum absolute atomic E-state index is 0.0421. The first-order valence-electron chi connectivity index (χ1n) is 10.9. The van der Waals surface area contributed by atoms with E-state index in [1.165, 1.54) is 11.1 Å². The number of rotatable bonds is 10. The third kappa shape index (κ3) is 7.76. The van der Waals surface area contributed by atoms with Gasteiger partial charge in [-0.2, -0.15) is 0 Å². The first-order valence-corrected chi connectivity index (χ1v) is 12.8. The Bertz CT molecular complexity index is 1040. The summed E-state index contributed by atoms with van der Waals surface area (Å²) >= 11 is 5.04. The number of likely N-dealkylation sites (N-methyl/N-ethyl adjacent to an activating group) is 1. The van der Waals surface area contributed by atoms with E-state index in [9.17, 15) is 9.59 Å². The van der Waals surface area contributed by atoms with Crippen LogP contribution in [0.4, 0.5) is 0 Å². The molecule has 0 bridgehead atoms. The van der Waals surface area contributed by atoms with Crippen LogP contribution in [0.1, 0.15) is 22.3 Å². The number of aryl methyl sites for hydroxylation is 1. The zero-order valence-corrected chi connectivity index (χ0v) is 21.4. The highest BCUT2D eigenvalue weighted by molar-refractivity contribution is 9.10. The minimum atomic E-state index is -0.589. The van der Waals surface area contributed by atoms with Gasteiger partial charge < -0.3 is 10.2 Å². The summed E-state index contributed by atoms with van der Waals surface area (Å²) in [5.74, 6) is 0.862. The Kier molecular flexibility index (Phi) is 9.58. The second-order valence-corrected chi connectivity index (χ2v) is 9.85. The van der Waals surface area contributed by atoms with Crippen molar-refractivity contribution in [2.24, 2.45) is 0 Å². The average molecular weight is 526 g/mol. The lowest BCUT2D eigenvalue weighted by atomic mass is 10.0. The van der Waals surface area contributed by atoms with Crippen molar-refractivity contribution >= 4 is 39.5 Å². The summed E-state index contributed by atoms with van der Waals surface area (Å²) < 4.78 is 0.977. The van der Waals surface area contributed by atoms with Gasteiger partial charge in [0.25, 0.3) is 0 Å². The van der Waals surface area contributed by atoms with Crippen LogP contribution in [0.5, 0.6) is 0 Å². The van der Waals surface area contributed by atoms with Crippen molar-refractivity contribution in [2.75, 3.05) is 12.8 Å². The summed E-state index contributed by atoms with van der Waals surface area (Å²) in [5.41, 5.74) is 4.41. The van der Waals surface area contributed by atoms with E-state index in [2.05, 4.69) is 52.4 Å². The minimum Gasteiger partial charge on any atom is -0.357 e. The van der Waals surface area contributed by atoms with E-state index in [0.717, 1.165) is 21.4 Å². The van der Waals surface area contributed by atoms with Gasteiger partial charge in [0, 0.05) is 30.2 Å². The molecule has 0 aliphatic heterocycles. The molecule has 6 heteroatoms. The van der Waals surface area contributed by atoms with Crippen molar-refractivity contribution in [1.82, 2.24) is 10.2 Å². The van der Waals surface area contributed by atoms with Gasteiger partial charge in [-0.3, -0.25) is 9.59 Å². The van der Waals surface area contributed by atoms with Gasteiger partial charge in [-0.25, -0.2) is 0 Å². The molecule has 0 aliphatic carbocycles. The molecule has 0 spiro atoms. The standard InChI is InChI=1S/C27H29BrN2O2S/c1-20-8-10-23(11-9-20)18-33-19-26(31)30(17-22-12-14-24(28)15-13-22)25(27(32)29-2)16-21-6-4-3-5-7-21/h3-15,25H,16-19H2,1-2H3,(H,29,32)/t25-/m1/s1. The maximum Gasteiger partial charge on any atom is 0.242 e. The van der Waals surface area contributed by atoms with E-state index < -0.39 is 6.04 Å². The summed E-state index contributed by atoms with van der Waals surface area (Å²) in [4.78, 5) is 28.1. The fraction of sp³-hybridized carbons (Fsp3) is 0.259. The summed E-state index contributed by atoms with van der Waals surface area (Å²) in [5, 5.41) is 2.76. The summed E-state index contributed by atoms with van der Waals surface area (Å²) in [7, 11) is 1.62. The Morgan fingerprint density at radius 1 is 0.909 bits per heavy atom. The normalized spacial score (nSPS) is 11.6. The molecular formula is C27H29BrN2O2S. The van der Waals surface area contributed by atoms with E-state index in [4.69, 9.17) is 0 Å². The van der Waals surface area contributed by atoms with Gasteiger partial charge in [0.15, 0.2) is 0 Å². The Balaban J connectivity index is 1.79. The van der Waals surface area contributed by atoms with E-state index in [1.54, 1.807) is 23.7 Å². The van der Waals surface area contributed by atoms with Gasteiger partial charge >= 0.3 is 0 Å². The topological polar surface area (TPSA) is 49.4 Å². The van der Waals surface area contributed by atoms with Crippen molar-refractivity contribution in [3.8, 4) is 0 Å². The van der Waals surface area contributed by atoms with Gasteiger partial charge in [-0.15, -0.1) is 11.8 Å². The van der Waals surface area contributed by atoms with Crippen molar-refractivity contribution < 1.29 is 9.59 Å². The van der Waals surface area contributed by atoms with E-state index >= 15 is 0 Å². The van der Waals surface area contributed by atoms with Crippen LogP contribution < -0.4 is 5.32 Å². The van der Waals surface area contributed by atoms with Crippen LogP contribution in [0.2, 0.25) is 0 Å². The number of carbonyl (C=O) groups excluding carboxylic acids is 2. The van der Waals surface area contributed by atoms with Gasteiger partial charge in [0.05, 0.1) is 5.75 Å². The smallest absolute Gasteiger partial charge is 0.242 e. The Morgan fingerprint density at radius 2 is 1.55 bits per heavy atom. The number of carbonyl (C=O) groups is 2. The lowest BCUT2D eigenvalue weighted by Gasteiger charge is -2.31. The van der Waals surface area contributed by atoms with Crippen LogP contribution in [0.25, 0.3) is 0 Å². The molecular weight excluding hydrogens is 496 g/mol. The molecule has 3 aromatic carbocycles. The molecule has 1 N–H and O–H groups in total. The highest BCUT2D eigenvalue weighted by Crippen LogP contribution is 2.19. The lowest BCUT2D eigenvalue weighted by molar-refractivity contribution is -0.139. The van der Waals surface area contributed by atoms with E-state index in [-0.39, 0.29) is 11.8 Å². The van der Waals surface area contributed by atoms with Crippen molar-refractivity contribution in [1.29, 1.82) is 0 Å². The molecule has 0 aromatic heterocycles. The lowest BCUT2D eigenvalue weighted by Crippen LogP contribution is -2.50. The van der Waals surface area contributed by atoms with Crippen LogP contribution in [-0.4, -0.2) is 35.6 Å². The predicted octanol–water partition coefficient (Wildman–Crippen LogP) is 5.38. The van der Waals surface area contributed by atoms with Gasteiger partial charge in [-0.05, 0) is 35.7 Å². The quantitative estimate of drug-likeness (QED) is 0.387. The van der Waals surface area contributed by atoms with Gasteiger partial charge in [0.2, 0.25) is 11.8 Å². The van der Waals surface area contributed by atoms with Crippen molar-refractivity contribution in [2.45, 2.75) is 31.7 Å². The third-order valence-electron chi connectivity index (χ3n) is 5.40. The average Bonchev–Trinajstić information content (AvgIpc) is 2.83. The molecule has 0 radical (unpaired) electrons. The zero-order chi connectivity index (χ0) is 23.6. The largest absolute Gasteiger partial charge is 0.357 e. The number of hydrogen-bond acceptors (Lipinski definition) is 3. The fourth-order valence-corrected chi connectivity index (χ4v) is 4.67. The number of thioether (sulfide) groups is 1. The van der Waals surface area contributed by atoms with Crippen LogP contribution in [0.15, 0.2) is 83.3 Å². The number of nitrogens with one attached hydrogen (secondary N) is 1. The molecule has 3 rings (SSSR count). The Labute approximate surface area is 208 Å². The van der Waals surface area contributed by atoms with Crippen LogP contribution >= 0.6 is 27.7 Å². The summed E-state index contributed by atoms with van der Waals surface area (Å²) in [6.07, 6.45) is 0.464. The monoisotopic (exact) mass is 524 g/mol. The molecule has 3 aromatic rings. The molecule has 0 unspecified atom stereocenters. The van der Waals surface area contributed by atoms with E-state index in [0.29, 0.717) is 18.7 Å². The molecule has 0 heterocycles. The first-order chi connectivity index (χ1) is 16.0. The second kappa shape index (κ2) is 12.6. The van der Waals surface area contributed by atoms with Crippen LogP contribution in [-0.2, 0) is 28.3 Å². The fourth-order valence-electron chi connectivity index (χ4n) is 3.53. The number of nitrogens with zero attached hydrogens (tertiary/aromatic N) is 1. The molecule has 33 heavy (non-hydrogen) atoms. The van der Waals surface area contributed by atoms with Gasteiger partial charge in [-0.1, -0.05) is 88.2 Å². The second-order valence-electron chi connectivity index (χ2n) is 7.95. The van der Waals surface area contributed by atoms with Crippen molar-refractivity contribution in [3.63, 3.8) is 0 Å². The predicted molar refractivity (Wildman–Crippen MR) is 140 cm³/mol. The SMILES string of the molecule is CNC(=O)[C@@H](Cc1ccccc1)N(Cc1ccc(Br)cc1)C(=O)CSCc1ccc(C)cc1. The maximum absolute atomic E-state index is 13.4. The highest BCUT2D eigenvalue weighted by atomic mass is 79.9. The first kappa shape index (κ1) is 25.1. The van der Waals surface area contributed by atoms with Gasteiger partial charge in [0.1, 0.15) is 6.04 Å². The highest BCUT2D eigenvalue weighted by Gasteiger charge is 2.29.